The second-order valence-electron chi connectivity index (χ2n) is 6.86. The van der Waals surface area contributed by atoms with E-state index in [1.807, 2.05) is 0 Å². The SMILES string of the molecule is NC(=O)CC(NC(=O)C(Cc1cnc[nH]1)NC(=O)C(CC(=O)O)NC(=O)C(N)CO)C(=O)O. The van der Waals surface area contributed by atoms with Crippen LogP contribution in [0.25, 0.3) is 0 Å². The molecule has 0 aromatic carbocycles. The fourth-order valence-electron chi connectivity index (χ4n) is 2.52. The van der Waals surface area contributed by atoms with Crippen LogP contribution in [0.2, 0.25) is 0 Å². The highest BCUT2D eigenvalue weighted by atomic mass is 16.4. The van der Waals surface area contributed by atoms with E-state index in [0.29, 0.717) is 5.69 Å². The van der Waals surface area contributed by atoms with E-state index in [9.17, 15) is 33.9 Å². The Balaban J connectivity index is 3.08. The third kappa shape index (κ3) is 9.32. The quantitative estimate of drug-likeness (QED) is 0.124. The maximum Gasteiger partial charge on any atom is 0.326 e. The number of nitrogens with zero attached hydrogens (tertiary/aromatic N) is 1. The predicted octanol–water partition coefficient (Wildman–Crippen LogP) is -4.84. The van der Waals surface area contributed by atoms with Gasteiger partial charge in [-0.3, -0.25) is 24.0 Å². The number of carboxylic acid groups (broad SMARTS) is 2. The maximum atomic E-state index is 12.7. The monoisotopic (exact) mass is 471 g/mol. The number of carboxylic acids is 2. The van der Waals surface area contributed by atoms with Crippen molar-refractivity contribution in [3.63, 3.8) is 0 Å². The van der Waals surface area contributed by atoms with Crippen molar-refractivity contribution in [2.45, 2.75) is 43.4 Å². The number of rotatable bonds is 14. The van der Waals surface area contributed by atoms with E-state index in [1.54, 1.807) is 0 Å². The molecule has 4 atom stereocenters. The standard InChI is InChI=1S/C17H25N7O9/c18-8(5-25)14(29)22-10(3-13(27)28)16(31)23-9(1-7-4-20-6-21-7)15(30)24-11(17(32)33)2-12(19)26/h4,6,8-11,25H,1-3,5,18H2,(H2,19,26)(H,20,21)(H,22,29)(H,23,31)(H,24,30)(H,27,28)(H,32,33). The van der Waals surface area contributed by atoms with Gasteiger partial charge in [0.1, 0.15) is 24.2 Å². The summed E-state index contributed by atoms with van der Waals surface area (Å²) in [5.74, 6) is -7.16. The first-order valence-electron chi connectivity index (χ1n) is 9.42. The van der Waals surface area contributed by atoms with Crippen LogP contribution in [0.4, 0.5) is 0 Å². The van der Waals surface area contributed by atoms with Gasteiger partial charge in [0.15, 0.2) is 0 Å². The van der Waals surface area contributed by atoms with Gasteiger partial charge in [-0.1, -0.05) is 0 Å². The van der Waals surface area contributed by atoms with E-state index < -0.39 is 79.2 Å². The fraction of sp³-hybridized carbons (Fsp3) is 0.471. The number of nitrogens with one attached hydrogen (secondary N) is 4. The Morgan fingerprint density at radius 2 is 1.52 bits per heavy atom. The van der Waals surface area contributed by atoms with Crippen LogP contribution < -0.4 is 27.4 Å². The van der Waals surface area contributed by atoms with Crippen LogP contribution in [-0.2, 0) is 35.2 Å². The lowest BCUT2D eigenvalue weighted by Crippen LogP contribution is -2.58. The fourth-order valence-corrected chi connectivity index (χ4v) is 2.52. The van der Waals surface area contributed by atoms with E-state index >= 15 is 0 Å². The lowest BCUT2D eigenvalue weighted by atomic mass is 10.1. The Morgan fingerprint density at radius 1 is 0.939 bits per heavy atom. The Hall–Kier alpha value is -4.05. The summed E-state index contributed by atoms with van der Waals surface area (Å²) in [5.41, 5.74) is 10.7. The van der Waals surface area contributed by atoms with Crippen LogP contribution in [-0.4, -0.2) is 91.6 Å². The highest BCUT2D eigenvalue weighted by Gasteiger charge is 2.32. The van der Waals surface area contributed by atoms with Gasteiger partial charge in [-0.2, -0.15) is 0 Å². The van der Waals surface area contributed by atoms with Gasteiger partial charge in [0.05, 0.1) is 25.8 Å². The summed E-state index contributed by atoms with van der Waals surface area (Å²) in [7, 11) is 0. The smallest absolute Gasteiger partial charge is 0.326 e. The van der Waals surface area contributed by atoms with Crippen LogP contribution in [0.15, 0.2) is 12.5 Å². The number of H-pyrrole nitrogens is 1. The number of aliphatic hydroxyl groups excluding tert-OH is 1. The molecule has 182 valence electrons. The molecule has 1 aromatic rings. The molecule has 16 heteroatoms. The largest absolute Gasteiger partial charge is 0.481 e. The molecule has 33 heavy (non-hydrogen) atoms. The molecule has 0 saturated carbocycles. The molecule has 0 fully saturated rings. The molecule has 16 nitrogen and oxygen atoms in total. The number of hydrogen-bond acceptors (Lipinski definition) is 9. The molecule has 0 bridgehead atoms. The molecule has 0 aliphatic carbocycles. The molecule has 1 rings (SSSR count). The molecule has 4 unspecified atom stereocenters. The van der Waals surface area contributed by atoms with Crippen molar-refractivity contribution >= 4 is 35.6 Å². The van der Waals surface area contributed by atoms with Gasteiger partial charge in [-0.25, -0.2) is 9.78 Å². The number of amides is 4. The molecule has 0 aliphatic rings. The lowest BCUT2D eigenvalue weighted by molar-refractivity contribution is -0.144. The van der Waals surface area contributed by atoms with Gasteiger partial charge in [0, 0.05) is 18.3 Å². The summed E-state index contributed by atoms with van der Waals surface area (Å²) < 4.78 is 0. The maximum absolute atomic E-state index is 12.7. The number of hydrogen-bond donors (Lipinski definition) is 9. The van der Waals surface area contributed by atoms with Gasteiger partial charge in [-0.15, -0.1) is 0 Å². The number of imidazole rings is 1. The van der Waals surface area contributed by atoms with Crippen molar-refractivity contribution in [1.82, 2.24) is 25.9 Å². The average molecular weight is 471 g/mol. The number of aliphatic hydroxyl groups is 1. The minimum absolute atomic E-state index is 0.232. The molecule has 0 spiro atoms. The van der Waals surface area contributed by atoms with Gasteiger partial charge in [0.25, 0.3) is 0 Å². The minimum atomic E-state index is -1.69. The normalized spacial score (nSPS) is 14.2. The molecule has 0 saturated heterocycles. The highest BCUT2D eigenvalue weighted by Crippen LogP contribution is 2.03. The zero-order chi connectivity index (χ0) is 25.1. The minimum Gasteiger partial charge on any atom is -0.481 e. The van der Waals surface area contributed by atoms with Crippen molar-refractivity contribution in [1.29, 1.82) is 0 Å². The Kier molecular flexibility index (Phi) is 10.4. The number of aromatic nitrogens is 2. The molecule has 4 amide bonds. The van der Waals surface area contributed by atoms with Gasteiger partial charge in [-0.05, 0) is 0 Å². The number of aromatic amines is 1. The molecular weight excluding hydrogens is 446 g/mol. The van der Waals surface area contributed by atoms with E-state index in [2.05, 4.69) is 25.9 Å². The van der Waals surface area contributed by atoms with Gasteiger partial charge >= 0.3 is 11.9 Å². The second-order valence-corrected chi connectivity index (χ2v) is 6.86. The third-order valence-electron chi connectivity index (χ3n) is 4.18. The van der Waals surface area contributed by atoms with Crippen molar-refractivity contribution in [3.8, 4) is 0 Å². The Labute approximate surface area is 186 Å². The molecule has 1 aromatic heterocycles. The van der Waals surface area contributed by atoms with Crippen LogP contribution in [0, 0.1) is 0 Å². The summed E-state index contributed by atoms with van der Waals surface area (Å²) in [5, 5.41) is 33.5. The summed E-state index contributed by atoms with van der Waals surface area (Å²) >= 11 is 0. The van der Waals surface area contributed by atoms with Crippen molar-refractivity contribution < 1.29 is 44.1 Å². The Morgan fingerprint density at radius 3 is 2.00 bits per heavy atom. The number of primary amides is 1. The van der Waals surface area contributed by atoms with Gasteiger partial charge < -0.3 is 47.7 Å². The number of aliphatic carboxylic acids is 2. The topological polar surface area (TPSA) is 280 Å². The average Bonchev–Trinajstić information content (AvgIpc) is 3.23. The van der Waals surface area contributed by atoms with Crippen LogP contribution in [0.1, 0.15) is 18.5 Å². The molecule has 1 heterocycles. The van der Waals surface area contributed by atoms with Crippen LogP contribution in [0.3, 0.4) is 0 Å². The van der Waals surface area contributed by atoms with E-state index in [1.165, 1.54) is 12.5 Å². The first-order chi connectivity index (χ1) is 15.4. The summed E-state index contributed by atoms with van der Waals surface area (Å²) in [4.78, 5) is 77.2. The third-order valence-corrected chi connectivity index (χ3v) is 4.18. The second kappa shape index (κ2) is 12.7. The van der Waals surface area contributed by atoms with Crippen LogP contribution >= 0.6 is 0 Å². The van der Waals surface area contributed by atoms with Crippen molar-refractivity contribution in [2.75, 3.05) is 6.61 Å². The van der Waals surface area contributed by atoms with E-state index in [-0.39, 0.29) is 6.42 Å². The van der Waals surface area contributed by atoms with Gasteiger partial charge in [0.2, 0.25) is 23.6 Å². The van der Waals surface area contributed by atoms with E-state index in [4.69, 9.17) is 21.7 Å². The van der Waals surface area contributed by atoms with Crippen molar-refractivity contribution in [2.24, 2.45) is 11.5 Å². The summed E-state index contributed by atoms with van der Waals surface area (Å²) in [6.45, 7) is -0.769. The zero-order valence-corrected chi connectivity index (χ0v) is 17.2. The molecular formula is C17H25N7O9. The molecule has 11 N–H and O–H groups in total. The summed E-state index contributed by atoms with van der Waals surface area (Å²) in [6, 6.07) is -6.26. The summed E-state index contributed by atoms with van der Waals surface area (Å²) in [6.07, 6.45) is 0.769. The van der Waals surface area contributed by atoms with E-state index in [0.717, 1.165) is 0 Å². The first-order valence-corrected chi connectivity index (χ1v) is 9.42. The lowest BCUT2D eigenvalue weighted by Gasteiger charge is -2.24. The number of carbonyl (C=O) groups is 6. The number of carbonyl (C=O) groups excluding carboxylic acids is 4. The zero-order valence-electron chi connectivity index (χ0n) is 17.2. The van der Waals surface area contributed by atoms with Crippen molar-refractivity contribution in [3.05, 3.63) is 18.2 Å². The van der Waals surface area contributed by atoms with Crippen LogP contribution in [0.5, 0.6) is 0 Å². The highest BCUT2D eigenvalue weighted by molar-refractivity contribution is 5.96. The first kappa shape index (κ1) is 27.0. The molecule has 0 radical (unpaired) electrons. The number of nitrogens with two attached hydrogens (primary N) is 2. The molecule has 0 aliphatic heterocycles. The Bertz CT molecular complexity index is 874. The predicted molar refractivity (Wildman–Crippen MR) is 107 cm³/mol.